The van der Waals surface area contributed by atoms with Gasteiger partial charge in [-0.1, -0.05) is 18.2 Å². The number of nitrogens with one attached hydrogen (secondary N) is 2. The molecule has 6 nitrogen and oxygen atoms in total. The van der Waals surface area contributed by atoms with E-state index >= 15 is 0 Å². The highest BCUT2D eigenvalue weighted by atomic mass is 16.5. The molecule has 2 aromatic heterocycles. The topological polar surface area (TPSA) is 75.7 Å². The lowest BCUT2D eigenvalue weighted by Crippen LogP contribution is -2.03. The number of imidazole rings is 1. The van der Waals surface area contributed by atoms with E-state index in [9.17, 15) is 0 Å². The van der Waals surface area contributed by atoms with Crippen molar-refractivity contribution in [2.24, 2.45) is 0 Å². The Balaban J connectivity index is 2.03. The molecule has 0 atom stereocenters. The number of fused-ring (bicyclic) bond motifs is 1. The maximum Gasteiger partial charge on any atom is 0.250 e. The largest absolute Gasteiger partial charge is 0.437 e. The number of anilines is 1. The standard InChI is InChI=1S/C13H13N5O/c1-2-14-13-17-11-10(15-8-16-11)12(18-13)19-9-6-4-3-5-7-9/h3-8H,2H2,1H3,(H2,14,15,16,17,18). The van der Waals surface area contributed by atoms with Crippen LogP contribution in [0.5, 0.6) is 11.6 Å². The Morgan fingerprint density at radius 1 is 1.21 bits per heavy atom. The normalized spacial score (nSPS) is 10.6. The lowest BCUT2D eigenvalue weighted by Gasteiger charge is -2.07. The molecular formula is C13H13N5O. The number of rotatable bonds is 4. The van der Waals surface area contributed by atoms with E-state index in [0.29, 0.717) is 23.0 Å². The second-order valence-corrected chi connectivity index (χ2v) is 3.90. The molecule has 0 aliphatic rings. The summed E-state index contributed by atoms with van der Waals surface area (Å²) in [6.07, 6.45) is 1.58. The number of hydrogen-bond donors (Lipinski definition) is 2. The molecule has 0 unspecified atom stereocenters. The molecule has 0 saturated heterocycles. The van der Waals surface area contributed by atoms with E-state index in [-0.39, 0.29) is 0 Å². The van der Waals surface area contributed by atoms with Gasteiger partial charge in [-0.15, -0.1) is 0 Å². The molecule has 96 valence electrons. The molecule has 3 rings (SSSR count). The zero-order valence-corrected chi connectivity index (χ0v) is 10.4. The van der Waals surface area contributed by atoms with Crippen LogP contribution in [0.2, 0.25) is 0 Å². The molecule has 2 heterocycles. The van der Waals surface area contributed by atoms with Gasteiger partial charge in [-0.2, -0.15) is 9.97 Å². The van der Waals surface area contributed by atoms with Crippen molar-refractivity contribution in [2.45, 2.75) is 6.92 Å². The molecule has 0 amide bonds. The highest BCUT2D eigenvalue weighted by Gasteiger charge is 2.11. The van der Waals surface area contributed by atoms with Crippen molar-refractivity contribution < 1.29 is 4.74 Å². The van der Waals surface area contributed by atoms with Crippen LogP contribution in [0.15, 0.2) is 36.7 Å². The van der Waals surface area contributed by atoms with Crippen LogP contribution in [0.3, 0.4) is 0 Å². The van der Waals surface area contributed by atoms with Gasteiger partial charge in [0.2, 0.25) is 5.95 Å². The van der Waals surface area contributed by atoms with Crippen molar-refractivity contribution in [2.75, 3.05) is 11.9 Å². The summed E-state index contributed by atoms with van der Waals surface area (Å²) in [4.78, 5) is 15.8. The van der Waals surface area contributed by atoms with Crippen LogP contribution in [0.25, 0.3) is 11.2 Å². The van der Waals surface area contributed by atoms with Gasteiger partial charge in [-0.25, -0.2) is 4.98 Å². The third kappa shape index (κ3) is 2.33. The molecule has 1 aromatic carbocycles. The van der Waals surface area contributed by atoms with Crippen molar-refractivity contribution in [3.63, 3.8) is 0 Å². The van der Waals surface area contributed by atoms with Crippen molar-refractivity contribution >= 4 is 17.1 Å². The van der Waals surface area contributed by atoms with Crippen molar-refractivity contribution in [1.29, 1.82) is 0 Å². The number of nitrogens with zero attached hydrogens (tertiary/aromatic N) is 3. The molecular weight excluding hydrogens is 242 g/mol. The Morgan fingerprint density at radius 3 is 2.84 bits per heavy atom. The van der Waals surface area contributed by atoms with Gasteiger partial charge >= 0.3 is 0 Å². The van der Waals surface area contributed by atoms with Crippen LogP contribution in [0, 0.1) is 0 Å². The minimum Gasteiger partial charge on any atom is -0.437 e. The highest BCUT2D eigenvalue weighted by Crippen LogP contribution is 2.26. The Morgan fingerprint density at radius 2 is 2.05 bits per heavy atom. The number of benzene rings is 1. The minimum atomic E-state index is 0.463. The molecule has 0 fully saturated rings. The molecule has 0 spiro atoms. The molecule has 0 aliphatic carbocycles. The number of H-pyrrole nitrogens is 1. The molecule has 0 aliphatic heterocycles. The number of para-hydroxylation sites is 1. The van der Waals surface area contributed by atoms with E-state index in [4.69, 9.17) is 4.74 Å². The Labute approximate surface area is 109 Å². The van der Waals surface area contributed by atoms with E-state index in [1.807, 2.05) is 37.3 Å². The lowest BCUT2D eigenvalue weighted by atomic mass is 10.3. The number of ether oxygens (including phenoxy) is 1. The van der Waals surface area contributed by atoms with Gasteiger partial charge in [0.1, 0.15) is 11.3 Å². The summed E-state index contributed by atoms with van der Waals surface area (Å²) in [5.74, 6) is 1.69. The lowest BCUT2D eigenvalue weighted by molar-refractivity contribution is 0.468. The predicted molar refractivity (Wildman–Crippen MR) is 72.4 cm³/mol. The SMILES string of the molecule is CCNc1nc(Oc2ccccc2)c2[nH]cnc2n1. The maximum atomic E-state index is 5.77. The van der Waals surface area contributed by atoms with E-state index < -0.39 is 0 Å². The molecule has 0 bridgehead atoms. The second-order valence-electron chi connectivity index (χ2n) is 3.90. The van der Waals surface area contributed by atoms with Gasteiger partial charge in [0.05, 0.1) is 6.33 Å². The van der Waals surface area contributed by atoms with Crippen molar-refractivity contribution in [1.82, 2.24) is 19.9 Å². The van der Waals surface area contributed by atoms with Gasteiger partial charge < -0.3 is 15.0 Å². The fourth-order valence-electron chi connectivity index (χ4n) is 1.72. The summed E-state index contributed by atoms with van der Waals surface area (Å²) >= 11 is 0. The third-order valence-corrected chi connectivity index (χ3v) is 2.55. The second kappa shape index (κ2) is 4.93. The zero-order valence-electron chi connectivity index (χ0n) is 10.4. The first-order chi connectivity index (χ1) is 9.36. The van der Waals surface area contributed by atoms with Gasteiger partial charge in [0.15, 0.2) is 5.65 Å². The average molecular weight is 255 g/mol. The highest BCUT2D eigenvalue weighted by molar-refractivity contribution is 5.77. The van der Waals surface area contributed by atoms with Crippen molar-refractivity contribution in [3.8, 4) is 11.6 Å². The van der Waals surface area contributed by atoms with E-state index in [2.05, 4.69) is 25.3 Å². The molecule has 19 heavy (non-hydrogen) atoms. The Hall–Kier alpha value is -2.63. The summed E-state index contributed by atoms with van der Waals surface area (Å²) in [5.41, 5.74) is 1.27. The van der Waals surface area contributed by atoms with E-state index in [1.54, 1.807) is 6.33 Å². The fourth-order valence-corrected chi connectivity index (χ4v) is 1.72. The van der Waals surface area contributed by atoms with Crippen LogP contribution in [0.4, 0.5) is 5.95 Å². The van der Waals surface area contributed by atoms with Crippen LogP contribution >= 0.6 is 0 Å². The van der Waals surface area contributed by atoms with Crippen molar-refractivity contribution in [3.05, 3.63) is 36.7 Å². The van der Waals surface area contributed by atoms with Gasteiger partial charge in [-0.3, -0.25) is 0 Å². The molecule has 2 N–H and O–H groups in total. The molecule has 3 aromatic rings. The maximum absolute atomic E-state index is 5.77. The molecule has 6 heteroatoms. The summed E-state index contributed by atoms with van der Waals surface area (Å²) in [6.45, 7) is 2.72. The van der Waals surface area contributed by atoms with E-state index in [0.717, 1.165) is 12.3 Å². The van der Waals surface area contributed by atoms with Crippen LogP contribution < -0.4 is 10.1 Å². The number of hydrogen-bond acceptors (Lipinski definition) is 5. The fraction of sp³-hybridized carbons (Fsp3) is 0.154. The zero-order chi connectivity index (χ0) is 13.1. The van der Waals surface area contributed by atoms with Gasteiger partial charge in [0.25, 0.3) is 5.88 Å². The summed E-state index contributed by atoms with van der Waals surface area (Å²) in [7, 11) is 0. The Bertz CT molecular complexity index is 680. The number of aromatic nitrogens is 4. The van der Waals surface area contributed by atoms with Crippen LogP contribution in [0.1, 0.15) is 6.92 Å². The van der Waals surface area contributed by atoms with Crippen LogP contribution in [-0.2, 0) is 0 Å². The first-order valence-electron chi connectivity index (χ1n) is 6.04. The Kier molecular flexibility index (Phi) is 2.97. The predicted octanol–water partition coefficient (Wildman–Crippen LogP) is 2.58. The average Bonchev–Trinajstić information content (AvgIpc) is 2.89. The minimum absolute atomic E-state index is 0.463. The monoisotopic (exact) mass is 255 g/mol. The van der Waals surface area contributed by atoms with Gasteiger partial charge in [-0.05, 0) is 19.1 Å². The quantitative estimate of drug-likeness (QED) is 0.749. The molecule has 0 radical (unpaired) electrons. The molecule has 0 saturated carbocycles. The van der Waals surface area contributed by atoms with Gasteiger partial charge in [0, 0.05) is 6.54 Å². The number of aromatic amines is 1. The summed E-state index contributed by atoms with van der Waals surface area (Å²) < 4.78 is 5.77. The van der Waals surface area contributed by atoms with E-state index in [1.165, 1.54) is 0 Å². The first kappa shape index (κ1) is 11.5. The third-order valence-electron chi connectivity index (χ3n) is 2.55. The van der Waals surface area contributed by atoms with Crippen LogP contribution in [-0.4, -0.2) is 26.5 Å². The first-order valence-corrected chi connectivity index (χ1v) is 6.04. The summed E-state index contributed by atoms with van der Waals surface area (Å²) in [6, 6.07) is 9.49. The smallest absolute Gasteiger partial charge is 0.250 e. The summed E-state index contributed by atoms with van der Waals surface area (Å²) in [5, 5.41) is 3.06.